The number of nitrogens with two attached hydrogens (primary N) is 1. The van der Waals surface area contributed by atoms with E-state index in [1.807, 2.05) is 24.3 Å². The summed E-state index contributed by atoms with van der Waals surface area (Å²) in [5.74, 6) is 0.548. The molecule has 0 aliphatic heterocycles. The van der Waals surface area contributed by atoms with Gasteiger partial charge in [0.15, 0.2) is 0 Å². The van der Waals surface area contributed by atoms with Crippen molar-refractivity contribution in [2.45, 2.75) is 0 Å². The summed E-state index contributed by atoms with van der Waals surface area (Å²) < 4.78 is 0. The Hall–Kier alpha value is -1.44. The van der Waals surface area contributed by atoms with Gasteiger partial charge in [-0.2, -0.15) is 0 Å². The minimum atomic E-state index is 0. The Balaban J connectivity index is 0.000000963. The molecule has 2 aromatic carbocycles. The molecule has 0 fully saturated rings. The van der Waals surface area contributed by atoms with Gasteiger partial charge in [0.2, 0.25) is 0 Å². The number of rotatable bonds is 0. The Morgan fingerprint density at radius 2 is 1.75 bits per heavy atom. The molecule has 0 unspecified atom stereocenters. The Labute approximate surface area is 107 Å². The summed E-state index contributed by atoms with van der Waals surface area (Å²) in [5.41, 5.74) is 6.61. The zero-order valence-corrected chi connectivity index (χ0v) is 10.8. The van der Waals surface area contributed by atoms with Crippen molar-refractivity contribution in [3.8, 4) is 0 Å². The molecular formula is C13H9IrN2-. The van der Waals surface area contributed by atoms with Crippen LogP contribution >= 0.6 is 0 Å². The van der Waals surface area contributed by atoms with E-state index in [9.17, 15) is 0 Å². The fraction of sp³-hybridized carbons (Fsp3) is 0. The summed E-state index contributed by atoms with van der Waals surface area (Å²) in [4.78, 5) is 4.35. The predicted molar refractivity (Wildman–Crippen MR) is 62.5 cm³/mol. The fourth-order valence-corrected chi connectivity index (χ4v) is 1.79. The molecule has 2 nitrogen and oxygen atoms in total. The van der Waals surface area contributed by atoms with Gasteiger partial charge in [0.05, 0.1) is 0 Å². The normalized spacial score (nSPS) is 10.2. The molecule has 2 N–H and O–H groups in total. The molecule has 0 atom stereocenters. The number of pyridine rings is 1. The first-order valence-corrected chi connectivity index (χ1v) is 4.80. The van der Waals surface area contributed by atoms with E-state index in [4.69, 9.17) is 5.73 Å². The first kappa shape index (κ1) is 11.1. The SMILES string of the molecule is Nc1ccc2ccc3ccc[c-]c3c2n1.[Ir]. The second-order valence-electron chi connectivity index (χ2n) is 3.51. The minimum Gasteiger partial charge on any atom is -0.384 e. The van der Waals surface area contributed by atoms with Crippen molar-refractivity contribution < 1.29 is 20.1 Å². The van der Waals surface area contributed by atoms with Crippen LogP contribution < -0.4 is 5.73 Å². The Kier molecular flexibility index (Phi) is 2.90. The van der Waals surface area contributed by atoms with Crippen LogP contribution in [0, 0.1) is 6.07 Å². The van der Waals surface area contributed by atoms with Gasteiger partial charge in [-0.05, 0) is 17.0 Å². The van der Waals surface area contributed by atoms with Crippen LogP contribution in [0.1, 0.15) is 0 Å². The molecule has 0 aliphatic rings. The van der Waals surface area contributed by atoms with E-state index in [-0.39, 0.29) is 20.1 Å². The molecule has 3 heteroatoms. The number of hydrogen-bond acceptors (Lipinski definition) is 2. The van der Waals surface area contributed by atoms with E-state index >= 15 is 0 Å². The van der Waals surface area contributed by atoms with E-state index < -0.39 is 0 Å². The number of aromatic nitrogens is 1. The van der Waals surface area contributed by atoms with E-state index in [0.29, 0.717) is 5.82 Å². The van der Waals surface area contributed by atoms with E-state index in [0.717, 1.165) is 21.7 Å². The van der Waals surface area contributed by atoms with Gasteiger partial charge >= 0.3 is 0 Å². The molecule has 0 bridgehead atoms. The smallest absolute Gasteiger partial charge is 0.113 e. The molecule has 0 spiro atoms. The van der Waals surface area contributed by atoms with Gasteiger partial charge in [-0.15, -0.1) is 35.0 Å². The van der Waals surface area contributed by atoms with Gasteiger partial charge in [-0.25, -0.2) is 0 Å². The standard InChI is InChI=1S/C13H9N2.Ir/c14-12-8-7-10-6-5-9-3-1-2-4-11(9)13(10)15-12;/h1-3,5-8H,(H2,14,15);/q-1;. The summed E-state index contributed by atoms with van der Waals surface area (Å²) >= 11 is 0. The monoisotopic (exact) mass is 386 g/mol. The van der Waals surface area contributed by atoms with Gasteiger partial charge < -0.3 is 5.73 Å². The first-order chi connectivity index (χ1) is 7.34. The fourth-order valence-electron chi connectivity index (χ4n) is 1.79. The maximum absolute atomic E-state index is 5.69. The zero-order valence-electron chi connectivity index (χ0n) is 8.40. The number of benzene rings is 2. The van der Waals surface area contributed by atoms with Crippen molar-refractivity contribution in [2.75, 3.05) is 5.73 Å². The quantitative estimate of drug-likeness (QED) is 0.477. The van der Waals surface area contributed by atoms with Crippen LogP contribution in [0.2, 0.25) is 0 Å². The molecule has 0 amide bonds. The van der Waals surface area contributed by atoms with Crippen LogP contribution in [-0.4, -0.2) is 4.98 Å². The topological polar surface area (TPSA) is 38.9 Å². The molecule has 1 heterocycles. The van der Waals surface area contributed by atoms with Crippen molar-refractivity contribution >= 4 is 27.5 Å². The van der Waals surface area contributed by atoms with E-state index in [2.05, 4.69) is 29.2 Å². The van der Waals surface area contributed by atoms with Gasteiger partial charge in [-0.3, -0.25) is 4.98 Å². The zero-order chi connectivity index (χ0) is 10.3. The number of hydrogen-bond donors (Lipinski definition) is 1. The molecule has 16 heavy (non-hydrogen) atoms. The molecular weight excluding hydrogens is 376 g/mol. The van der Waals surface area contributed by atoms with Crippen LogP contribution in [0.25, 0.3) is 21.7 Å². The summed E-state index contributed by atoms with van der Waals surface area (Å²) in [6.07, 6.45) is 0. The average molecular weight is 385 g/mol. The predicted octanol–water partition coefficient (Wildman–Crippen LogP) is 2.77. The molecule has 3 aromatic rings. The largest absolute Gasteiger partial charge is 0.384 e. The minimum absolute atomic E-state index is 0. The summed E-state index contributed by atoms with van der Waals surface area (Å²) in [7, 11) is 0. The Bertz CT molecular complexity index is 650. The van der Waals surface area contributed by atoms with Crippen molar-refractivity contribution in [1.29, 1.82) is 0 Å². The maximum Gasteiger partial charge on any atom is 0.113 e. The Morgan fingerprint density at radius 1 is 1.00 bits per heavy atom. The van der Waals surface area contributed by atoms with Crippen LogP contribution in [0.4, 0.5) is 5.82 Å². The number of nitrogens with zero attached hydrogens (tertiary/aromatic N) is 1. The molecule has 1 aromatic heterocycles. The number of nitrogen functional groups attached to an aromatic ring is 1. The Morgan fingerprint density at radius 3 is 2.62 bits per heavy atom. The maximum atomic E-state index is 5.69. The molecule has 0 saturated heterocycles. The summed E-state index contributed by atoms with van der Waals surface area (Å²) in [6, 6.07) is 17.1. The van der Waals surface area contributed by atoms with Crippen LogP contribution in [0.5, 0.6) is 0 Å². The average Bonchev–Trinajstić information content (AvgIpc) is 2.29. The number of fused-ring (bicyclic) bond motifs is 3. The summed E-state index contributed by atoms with van der Waals surface area (Å²) in [5, 5.41) is 3.27. The molecule has 0 aliphatic carbocycles. The van der Waals surface area contributed by atoms with Gasteiger partial charge in [0, 0.05) is 20.1 Å². The number of anilines is 1. The van der Waals surface area contributed by atoms with Crippen molar-refractivity contribution in [2.24, 2.45) is 0 Å². The second-order valence-corrected chi connectivity index (χ2v) is 3.51. The third kappa shape index (κ3) is 1.68. The third-order valence-corrected chi connectivity index (χ3v) is 2.52. The van der Waals surface area contributed by atoms with Crippen LogP contribution in [0.3, 0.4) is 0 Å². The van der Waals surface area contributed by atoms with Crippen molar-refractivity contribution in [3.63, 3.8) is 0 Å². The molecule has 3 rings (SSSR count). The van der Waals surface area contributed by atoms with Gasteiger partial charge in [0.1, 0.15) is 5.82 Å². The van der Waals surface area contributed by atoms with E-state index in [1.165, 1.54) is 0 Å². The van der Waals surface area contributed by atoms with Crippen LogP contribution in [-0.2, 0) is 20.1 Å². The van der Waals surface area contributed by atoms with Crippen molar-refractivity contribution in [1.82, 2.24) is 4.98 Å². The van der Waals surface area contributed by atoms with Crippen LogP contribution in [0.15, 0.2) is 42.5 Å². The molecule has 1 radical (unpaired) electrons. The first-order valence-electron chi connectivity index (χ1n) is 4.80. The molecule has 81 valence electrons. The third-order valence-electron chi connectivity index (χ3n) is 2.52. The molecule has 0 saturated carbocycles. The second kappa shape index (κ2) is 4.20. The van der Waals surface area contributed by atoms with Gasteiger partial charge in [-0.1, -0.05) is 18.2 Å². The van der Waals surface area contributed by atoms with Gasteiger partial charge in [0.25, 0.3) is 0 Å². The van der Waals surface area contributed by atoms with E-state index in [1.54, 1.807) is 0 Å². The van der Waals surface area contributed by atoms with Crippen molar-refractivity contribution in [3.05, 3.63) is 48.5 Å². The summed E-state index contributed by atoms with van der Waals surface area (Å²) in [6.45, 7) is 0.